The molecule has 136 valence electrons. The lowest BCUT2D eigenvalue weighted by Gasteiger charge is -2.43. The van der Waals surface area contributed by atoms with Gasteiger partial charge in [0.15, 0.2) is 0 Å². The summed E-state index contributed by atoms with van der Waals surface area (Å²) in [6.45, 7) is 5.92. The Morgan fingerprint density at radius 1 is 1.16 bits per heavy atom. The fraction of sp³-hybridized carbons (Fsp3) is 0.579. The first-order valence-corrected chi connectivity index (χ1v) is 9.41. The Morgan fingerprint density at radius 3 is 2.40 bits per heavy atom. The van der Waals surface area contributed by atoms with Crippen LogP contribution in [0.5, 0.6) is 0 Å². The van der Waals surface area contributed by atoms with E-state index in [1.54, 1.807) is 0 Å². The summed E-state index contributed by atoms with van der Waals surface area (Å²) < 4.78 is 0. The molecule has 5 nitrogen and oxygen atoms in total. The Bertz CT molecular complexity index is 626. The lowest BCUT2D eigenvalue weighted by Crippen LogP contribution is -2.53. The average molecular weight is 364 g/mol. The minimum atomic E-state index is -0.198. The van der Waals surface area contributed by atoms with Crippen molar-refractivity contribution in [2.24, 2.45) is 5.92 Å². The van der Waals surface area contributed by atoms with Crippen LogP contribution < -0.4 is 0 Å². The Morgan fingerprint density at radius 2 is 1.80 bits per heavy atom. The first-order valence-electron chi connectivity index (χ1n) is 9.03. The zero-order chi connectivity index (χ0) is 18.0. The van der Waals surface area contributed by atoms with Gasteiger partial charge in [-0.1, -0.05) is 23.7 Å². The van der Waals surface area contributed by atoms with Gasteiger partial charge in [-0.2, -0.15) is 0 Å². The van der Waals surface area contributed by atoms with Crippen LogP contribution in [0.3, 0.4) is 0 Å². The molecule has 1 aromatic carbocycles. The summed E-state index contributed by atoms with van der Waals surface area (Å²) in [7, 11) is 2.08. The van der Waals surface area contributed by atoms with E-state index in [2.05, 4.69) is 11.9 Å². The van der Waals surface area contributed by atoms with Crippen molar-refractivity contribution in [3.8, 4) is 0 Å². The van der Waals surface area contributed by atoms with Crippen LogP contribution in [-0.4, -0.2) is 66.3 Å². The molecule has 0 radical (unpaired) electrons. The van der Waals surface area contributed by atoms with Gasteiger partial charge in [-0.3, -0.25) is 9.59 Å². The van der Waals surface area contributed by atoms with Crippen LogP contribution >= 0.6 is 11.6 Å². The molecule has 2 fully saturated rings. The Labute approximate surface area is 154 Å². The topological polar surface area (TPSA) is 43.9 Å². The molecular weight excluding hydrogens is 338 g/mol. The lowest BCUT2D eigenvalue weighted by atomic mass is 9.83. The first-order chi connectivity index (χ1) is 12.0. The molecule has 0 N–H and O–H groups in total. The first kappa shape index (κ1) is 18.2. The molecule has 0 aliphatic carbocycles. The maximum absolute atomic E-state index is 13.2. The summed E-state index contributed by atoms with van der Waals surface area (Å²) in [5, 5.41) is 0.663. The predicted molar refractivity (Wildman–Crippen MR) is 98.4 cm³/mol. The number of piperazine rings is 1. The van der Waals surface area contributed by atoms with E-state index in [0.717, 1.165) is 31.7 Å². The number of piperidine rings is 1. The maximum Gasteiger partial charge on any atom is 0.228 e. The van der Waals surface area contributed by atoms with Gasteiger partial charge in [-0.15, -0.1) is 0 Å². The fourth-order valence-electron chi connectivity index (χ4n) is 3.92. The van der Waals surface area contributed by atoms with Crippen molar-refractivity contribution in [2.45, 2.75) is 25.8 Å². The lowest BCUT2D eigenvalue weighted by molar-refractivity contribution is -0.148. The summed E-state index contributed by atoms with van der Waals surface area (Å²) in [5.41, 5.74) is 0.992. The zero-order valence-corrected chi connectivity index (χ0v) is 15.7. The third-order valence-corrected chi connectivity index (χ3v) is 5.64. The van der Waals surface area contributed by atoms with Crippen molar-refractivity contribution in [2.75, 3.05) is 39.8 Å². The average Bonchev–Trinajstić information content (AvgIpc) is 2.62. The van der Waals surface area contributed by atoms with Gasteiger partial charge in [0.25, 0.3) is 0 Å². The highest BCUT2D eigenvalue weighted by Gasteiger charge is 2.41. The van der Waals surface area contributed by atoms with E-state index in [4.69, 9.17) is 11.6 Å². The Balaban J connectivity index is 1.88. The van der Waals surface area contributed by atoms with E-state index < -0.39 is 0 Å². The molecule has 3 rings (SSSR count). The van der Waals surface area contributed by atoms with Crippen molar-refractivity contribution in [3.63, 3.8) is 0 Å². The number of carbonyl (C=O) groups is 2. The summed E-state index contributed by atoms with van der Waals surface area (Å²) >= 11 is 6.02. The number of benzene rings is 1. The van der Waals surface area contributed by atoms with Crippen LogP contribution in [0.4, 0.5) is 0 Å². The standard InChI is InChI=1S/C19H26ClN3O2/c1-3-23-17(24)9-8-16(18(23)14-4-6-15(20)7-5-14)19(25)22-12-10-21(2)11-13-22/h4-7,16,18H,3,8-13H2,1-2H3/t16-,18+/m1/s1. The molecule has 25 heavy (non-hydrogen) atoms. The maximum atomic E-state index is 13.2. The number of nitrogens with zero attached hydrogens (tertiary/aromatic N) is 3. The van der Waals surface area contributed by atoms with Gasteiger partial charge in [0.1, 0.15) is 0 Å². The highest BCUT2D eigenvalue weighted by Crippen LogP contribution is 2.38. The van der Waals surface area contributed by atoms with Crippen molar-refractivity contribution < 1.29 is 9.59 Å². The molecule has 1 aromatic rings. The van der Waals surface area contributed by atoms with Gasteiger partial charge in [0.2, 0.25) is 11.8 Å². The van der Waals surface area contributed by atoms with E-state index in [1.165, 1.54) is 0 Å². The predicted octanol–water partition coefficient (Wildman–Crippen LogP) is 2.41. The second kappa shape index (κ2) is 7.75. The van der Waals surface area contributed by atoms with Gasteiger partial charge >= 0.3 is 0 Å². The third-order valence-electron chi connectivity index (χ3n) is 5.39. The van der Waals surface area contributed by atoms with Crippen LogP contribution in [0, 0.1) is 5.92 Å². The number of rotatable bonds is 3. The van der Waals surface area contributed by atoms with Gasteiger partial charge < -0.3 is 14.7 Å². The third kappa shape index (κ3) is 3.82. The van der Waals surface area contributed by atoms with Gasteiger partial charge in [0, 0.05) is 44.2 Å². The largest absolute Gasteiger partial charge is 0.340 e. The van der Waals surface area contributed by atoms with E-state index in [-0.39, 0.29) is 23.8 Å². The van der Waals surface area contributed by atoms with Gasteiger partial charge in [-0.05, 0) is 38.1 Å². The monoisotopic (exact) mass is 363 g/mol. The minimum absolute atomic E-state index is 0.130. The number of hydrogen-bond acceptors (Lipinski definition) is 3. The molecular formula is C19H26ClN3O2. The van der Waals surface area contributed by atoms with E-state index in [0.29, 0.717) is 24.4 Å². The van der Waals surface area contributed by atoms with Crippen molar-refractivity contribution in [1.82, 2.24) is 14.7 Å². The number of likely N-dealkylation sites (N-methyl/N-ethyl adjacent to an activating group) is 1. The van der Waals surface area contributed by atoms with Crippen LogP contribution in [-0.2, 0) is 9.59 Å². The summed E-state index contributed by atoms with van der Waals surface area (Å²) in [4.78, 5) is 31.7. The van der Waals surface area contributed by atoms with E-state index >= 15 is 0 Å². The Kier molecular flexibility index (Phi) is 5.64. The summed E-state index contributed by atoms with van der Waals surface area (Å²) in [5.74, 6) is 0.131. The molecule has 2 saturated heterocycles. The second-order valence-corrected chi connectivity index (χ2v) is 7.39. The molecule has 0 spiro atoms. The second-order valence-electron chi connectivity index (χ2n) is 6.95. The molecule has 2 amide bonds. The normalized spacial score (nSPS) is 25.3. The molecule has 2 atom stereocenters. The molecule has 0 saturated carbocycles. The summed E-state index contributed by atoms with van der Waals surface area (Å²) in [6.07, 6.45) is 1.07. The molecule has 6 heteroatoms. The zero-order valence-electron chi connectivity index (χ0n) is 14.9. The number of halogens is 1. The molecule has 0 aromatic heterocycles. The van der Waals surface area contributed by atoms with E-state index in [9.17, 15) is 9.59 Å². The molecule has 0 bridgehead atoms. The number of hydrogen-bond donors (Lipinski definition) is 0. The van der Waals surface area contributed by atoms with Crippen molar-refractivity contribution in [3.05, 3.63) is 34.9 Å². The van der Waals surface area contributed by atoms with Crippen LogP contribution in [0.25, 0.3) is 0 Å². The number of carbonyl (C=O) groups excluding carboxylic acids is 2. The van der Waals surface area contributed by atoms with Crippen LogP contribution in [0.1, 0.15) is 31.4 Å². The van der Waals surface area contributed by atoms with Crippen molar-refractivity contribution in [1.29, 1.82) is 0 Å². The fourth-order valence-corrected chi connectivity index (χ4v) is 4.04. The van der Waals surface area contributed by atoms with Gasteiger partial charge in [0.05, 0.1) is 12.0 Å². The molecule has 2 heterocycles. The molecule has 0 unspecified atom stereocenters. The van der Waals surface area contributed by atoms with Crippen LogP contribution in [0.2, 0.25) is 5.02 Å². The quantitative estimate of drug-likeness (QED) is 0.828. The van der Waals surface area contributed by atoms with E-state index in [1.807, 2.05) is 41.0 Å². The number of likely N-dealkylation sites (tertiary alicyclic amines) is 1. The SMILES string of the molecule is CCN1C(=O)CC[C@@H](C(=O)N2CCN(C)CC2)[C@@H]1c1ccc(Cl)cc1. The smallest absolute Gasteiger partial charge is 0.228 e. The molecule has 2 aliphatic rings. The summed E-state index contributed by atoms with van der Waals surface area (Å²) in [6, 6.07) is 7.36. The van der Waals surface area contributed by atoms with Crippen molar-refractivity contribution >= 4 is 23.4 Å². The highest BCUT2D eigenvalue weighted by molar-refractivity contribution is 6.30. The molecule has 2 aliphatic heterocycles. The Hall–Kier alpha value is -1.59. The van der Waals surface area contributed by atoms with Crippen LogP contribution in [0.15, 0.2) is 24.3 Å². The number of amides is 2. The van der Waals surface area contributed by atoms with Gasteiger partial charge in [-0.25, -0.2) is 0 Å². The minimum Gasteiger partial charge on any atom is -0.340 e. The highest BCUT2D eigenvalue weighted by atomic mass is 35.5.